The summed E-state index contributed by atoms with van der Waals surface area (Å²) in [4.78, 5) is 0.160. The molecule has 0 saturated carbocycles. The van der Waals surface area contributed by atoms with Crippen molar-refractivity contribution in [1.82, 2.24) is 8.87 Å². The number of aromatic nitrogens is 1. The summed E-state index contributed by atoms with van der Waals surface area (Å²) in [7, 11) is -2.41. The van der Waals surface area contributed by atoms with Gasteiger partial charge in [-0.05, 0) is 41.8 Å². The first kappa shape index (κ1) is 17.8. The molecule has 132 valence electrons. The summed E-state index contributed by atoms with van der Waals surface area (Å²) in [6.45, 7) is 0.140. The molecular weight excluding hydrogens is 366 g/mol. The Balaban J connectivity index is 2.02. The van der Waals surface area contributed by atoms with E-state index in [1.807, 2.05) is 11.4 Å². The van der Waals surface area contributed by atoms with E-state index >= 15 is 0 Å². The molecule has 1 aromatic carbocycles. The summed E-state index contributed by atoms with van der Waals surface area (Å²) in [5.74, 6) is -1.76. The number of rotatable bonds is 6. The second-order valence-electron chi connectivity index (χ2n) is 5.54. The molecule has 0 saturated heterocycles. The third-order valence-corrected chi connectivity index (χ3v) is 6.48. The van der Waals surface area contributed by atoms with Crippen molar-refractivity contribution in [2.75, 3.05) is 0 Å². The Morgan fingerprint density at radius 3 is 2.56 bits per heavy atom. The first-order valence-corrected chi connectivity index (χ1v) is 9.77. The van der Waals surface area contributed by atoms with Gasteiger partial charge in [-0.1, -0.05) is 6.07 Å². The van der Waals surface area contributed by atoms with E-state index < -0.39 is 26.6 Å². The van der Waals surface area contributed by atoms with Crippen LogP contribution in [0.2, 0.25) is 0 Å². The summed E-state index contributed by atoms with van der Waals surface area (Å²) in [6.07, 6.45) is 1.80. The maximum Gasteiger partial charge on any atom is 0.246 e. The van der Waals surface area contributed by atoms with Gasteiger partial charge in [0, 0.05) is 30.4 Å². The maximum atomic E-state index is 14.1. The minimum Gasteiger partial charge on any atom is -0.353 e. The molecule has 0 N–H and O–H groups in total. The highest BCUT2D eigenvalue weighted by Crippen LogP contribution is 2.25. The third-order valence-electron chi connectivity index (χ3n) is 3.81. The minimum absolute atomic E-state index is 0.0552. The van der Waals surface area contributed by atoms with Gasteiger partial charge in [0.25, 0.3) is 0 Å². The SMILES string of the molecule is Cn1cccc1CN(Cc1cccs1)S(=O)(=O)c1cc(F)ccc1F. The lowest BCUT2D eigenvalue weighted by molar-refractivity contribution is 0.391. The van der Waals surface area contributed by atoms with Gasteiger partial charge in [0.15, 0.2) is 0 Å². The first-order valence-electron chi connectivity index (χ1n) is 7.46. The van der Waals surface area contributed by atoms with Crippen LogP contribution in [-0.2, 0) is 30.2 Å². The molecule has 0 aliphatic rings. The number of sulfonamides is 1. The molecule has 2 aromatic heterocycles. The molecule has 2 heterocycles. The highest BCUT2D eigenvalue weighted by Gasteiger charge is 2.29. The molecular formula is C17H16F2N2O2S2. The maximum absolute atomic E-state index is 14.1. The number of benzene rings is 1. The van der Waals surface area contributed by atoms with Crippen LogP contribution >= 0.6 is 11.3 Å². The second-order valence-corrected chi connectivity index (χ2v) is 8.48. The zero-order chi connectivity index (χ0) is 18.0. The van der Waals surface area contributed by atoms with Gasteiger partial charge in [-0.3, -0.25) is 0 Å². The molecule has 0 atom stereocenters. The van der Waals surface area contributed by atoms with Crippen LogP contribution in [0.1, 0.15) is 10.6 Å². The Labute approximate surface area is 149 Å². The molecule has 3 rings (SSSR count). The smallest absolute Gasteiger partial charge is 0.246 e. The van der Waals surface area contributed by atoms with Crippen LogP contribution in [0.15, 0.2) is 58.9 Å². The van der Waals surface area contributed by atoms with Crippen LogP contribution in [0.3, 0.4) is 0 Å². The Morgan fingerprint density at radius 1 is 1.12 bits per heavy atom. The van der Waals surface area contributed by atoms with Crippen molar-refractivity contribution in [3.8, 4) is 0 Å². The minimum atomic E-state index is -4.21. The number of hydrogen-bond donors (Lipinski definition) is 0. The molecule has 0 aliphatic heterocycles. The Bertz CT molecular complexity index is 966. The Kier molecular flexibility index (Phi) is 5.03. The van der Waals surface area contributed by atoms with Crippen LogP contribution in [0.25, 0.3) is 0 Å². The average Bonchev–Trinajstić information content (AvgIpc) is 3.21. The summed E-state index contributed by atoms with van der Waals surface area (Å²) < 4.78 is 56.5. The van der Waals surface area contributed by atoms with E-state index in [1.165, 1.54) is 11.3 Å². The van der Waals surface area contributed by atoms with E-state index in [-0.39, 0.29) is 13.1 Å². The van der Waals surface area contributed by atoms with E-state index in [2.05, 4.69) is 0 Å². The van der Waals surface area contributed by atoms with E-state index in [4.69, 9.17) is 0 Å². The quantitative estimate of drug-likeness (QED) is 0.652. The topological polar surface area (TPSA) is 42.3 Å². The first-order chi connectivity index (χ1) is 11.9. The van der Waals surface area contributed by atoms with Crippen LogP contribution < -0.4 is 0 Å². The van der Waals surface area contributed by atoms with Gasteiger partial charge in [0.2, 0.25) is 10.0 Å². The van der Waals surface area contributed by atoms with Crippen LogP contribution in [0.5, 0.6) is 0 Å². The second kappa shape index (κ2) is 7.07. The van der Waals surface area contributed by atoms with Gasteiger partial charge in [0.1, 0.15) is 16.5 Å². The van der Waals surface area contributed by atoms with Crippen molar-refractivity contribution in [3.05, 3.63) is 76.2 Å². The fraction of sp³-hybridized carbons (Fsp3) is 0.176. The van der Waals surface area contributed by atoms with Crippen LogP contribution in [0.4, 0.5) is 8.78 Å². The molecule has 0 unspecified atom stereocenters. The molecule has 0 spiro atoms. The number of aryl methyl sites for hydroxylation is 1. The molecule has 3 aromatic rings. The molecule has 0 amide bonds. The van der Waals surface area contributed by atoms with E-state index in [0.717, 1.165) is 33.1 Å². The zero-order valence-corrected chi connectivity index (χ0v) is 15.0. The molecule has 0 fully saturated rings. The van der Waals surface area contributed by atoms with E-state index in [1.54, 1.807) is 36.0 Å². The third kappa shape index (κ3) is 3.81. The number of hydrogen-bond acceptors (Lipinski definition) is 3. The summed E-state index contributed by atoms with van der Waals surface area (Å²) >= 11 is 1.41. The Morgan fingerprint density at radius 2 is 1.92 bits per heavy atom. The molecule has 0 aliphatic carbocycles. The lowest BCUT2D eigenvalue weighted by Crippen LogP contribution is -2.31. The van der Waals surface area contributed by atoms with E-state index in [0.29, 0.717) is 0 Å². The largest absolute Gasteiger partial charge is 0.353 e. The van der Waals surface area contributed by atoms with Crippen molar-refractivity contribution in [2.45, 2.75) is 18.0 Å². The molecule has 8 heteroatoms. The zero-order valence-electron chi connectivity index (χ0n) is 13.4. The summed E-state index contributed by atoms with van der Waals surface area (Å²) in [5, 5.41) is 1.84. The summed E-state index contributed by atoms with van der Waals surface area (Å²) in [6, 6.07) is 9.66. The molecule has 0 radical (unpaired) electrons. The van der Waals surface area contributed by atoms with Crippen molar-refractivity contribution in [2.24, 2.45) is 7.05 Å². The van der Waals surface area contributed by atoms with Gasteiger partial charge in [0.05, 0.1) is 6.54 Å². The average molecular weight is 382 g/mol. The molecule has 25 heavy (non-hydrogen) atoms. The predicted molar refractivity (Wildman–Crippen MR) is 92.5 cm³/mol. The van der Waals surface area contributed by atoms with Crippen LogP contribution in [0, 0.1) is 11.6 Å². The fourth-order valence-corrected chi connectivity index (χ4v) is 4.72. The van der Waals surface area contributed by atoms with Crippen molar-refractivity contribution < 1.29 is 17.2 Å². The Hall–Kier alpha value is -2.03. The molecule has 4 nitrogen and oxygen atoms in total. The monoisotopic (exact) mass is 382 g/mol. The van der Waals surface area contributed by atoms with Crippen molar-refractivity contribution in [1.29, 1.82) is 0 Å². The van der Waals surface area contributed by atoms with Gasteiger partial charge < -0.3 is 4.57 Å². The number of halogens is 2. The number of nitrogens with zero attached hydrogens (tertiary/aromatic N) is 2. The van der Waals surface area contributed by atoms with Gasteiger partial charge in [-0.15, -0.1) is 11.3 Å². The standard InChI is InChI=1S/C17H16F2N2O2S2/c1-20-8-2-4-14(20)11-21(12-15-5-3-9-24-15)25(22,23)17-10-13(18)6-7-16(17)19/h2-10H,11-12H2,1H3. The van der Waals surface area contributed by atoms with Gasteiger partial charge >= 0.3 is 0 Å². The van der Waals surface area contributed by atoms with Crippen LogP contribution in [-0.4, -0.2) is 17.3 Å². The lowest BCUT2D eigenvalue weighted by Gasteiger charge is -2.22. The van der Waals surface area contributed by atoms with E-state index in [9.17, 15) is 17.2 Å². The normalized spacial score (nSPS) is 12.0. The van der Waals surface area contributed by atoms with Gasteiger partial charge in [-0.25, -0.2) is 17.2 Å². The van der Waals surface area contributed by atoms with Gasteiger partial charge in [-0.2, -0.15) is 4.31 Å². The fourth-order valence-electron chi connectivity index (χ4n) is 2.46. The molecule has 0 bridgehead atoms. The highest BCUT2D eigenvalue weighted by molar-refractivity contribution is 7.89. The van der Waals surface area contributed by atoms with Crippen molar-refractivity contribution >= 4 is 21.4 Å². The lowest BCUT2D eigenvalue weighted by atomic mass is 10.3. The number of thiophene rings is 1. The highest BCUT2D eigenvalue weighted by atomic mass is 32.2. The summed E-state index contributed by atoms with van der Waals surface area (Å²) in [5.41, 5.74) is 0.747. The van der Waals surface area contributed by atoms with Crippen molar-refractivity contribution in [3.63, 3.8) is 0 Å². The predicted octanol–water partition coefficient (Wildman–Crippen LogP) is 3.76.